The molecular formula is C23H26N4O6. The van der Waals surface area contributed by atoms with E-state index in [0.717, 1.165) is 5.56 Å². The minimum absolute atomic E-state index is 0.0541. The van der Waals surface area contributed by atoms with Crippen LogP contribution in [0.5, 0.6) is 5.88 Å². The number of rotatable bonds is 7. The molecule has 1 aromatic carbocycles. The SMILES string of the molecule is COc1cc(-c2nnc([C@@](C)(Cc3ccccc3)NC(=O)OC(C)(C)C)o2)cc(C(=O)O)n1. The average molecular weight is 454 g/mol. The van der Waals surface area contributed by atoms with E-state index in [-0.39, 0.29) is 23.4 Å². The summed E-state index contributed by atoms with van der Waals surface area (Å²) in [6.45, 7) is 7.05. The van der Waals surface area contributed by atoms with Crippen molar-refractivity contribution in [1.29, 1.82) is 0 Å². The highest BCUT2D eigenvalue weighted by Gasteiger charge is 2.36. The van der Waals surface area contributed by atoms with Gasteiger partial charge in [-0.05, 0) is 39.3 Å². The molecular weight excluding hydrogens is 428 g/mol. The lowest BCUT2D eigenvalue weighted by Crippen LogP contribution is -2.47. The first-order chi connectivity index (χ1) is 15.5. The number of amides is 1. The van der Waals surface area contributed by atoms with Crippen molar-refractivity contribution in [3.05, 3.63) is 59.6 Å². The summed E-state index contributed by atoms with van der Waals surface area (Å²) in [7, 11) is 1.37. The smallest absolute Gasteiger partial charge is 0.408 e. The summed E-state index contributed by atoms with van der Waals surface area (Å²) in [5.41, 5.74) is -0.796. The third-order valence-electron chi connectivity index (χ3n) is 4.55. The van der Waals surface area contributed by atoms with Crippen LogP contribution in [-0.2, 0) is 16.7 Å². The van der Waals surface area contributed by atoms with Crippen LogP contribution in [0.25, 0.3) is 11.5 Å². The zero-order chi connectivity index (χ0) is 24.2. The molecule has 10 heteroatoms. The lowest BCUT2D eigenvalue weighted by molar-refractivity contribution is 0.0443. The number of benzene rings is 1. The first-order valence-corrected chi connectivity index (χ1v) is 10.2. The predicted octanol–water partition coefficient (Wildman–Crippen LogP) is 3.82. The lowest BCUT2D eigenvalue weighted by Gasteiger charge is -2.29. The average Bonchev–Trinajstić information content (AvgIpc) is 3.24. The van der Waals surface area contributed by atoms with E-state index < -0.39 is 23.2 Å². The minimum atomic E-state index is -1.23. The van der Waals surface area contributed by atoms with Crippen LogP contribution in [0, 0.1) is 0 Å². The summed E-state index contributed by atoms with van der Waals surface area (Å²) >= 11 is 0. The van der Waals surface area contributed by atoms with Gasteiger partial charge in [0.15, 0.2) is 5.69 Å². The molecule has 10 nitrogen and oxygen atoms in total. The van der Waals surface area contributed by atoms with Crippen molar-refractivity contribution in [2.24, 2.45) is 0 Å². The first-order valence-electron chi connectivity index (χ1n) is 10.2. The second-order valence-electron chi connectivity index (χ2n) is 8.62. The van der Waals surface area contributed by atoms with Crippen LogP contribution < -0.4 is 10.1 Å². The van der Waals surface area contributed by atoms with E-state index in [1.54, 1.807) is 27.7 Å². The number of nitrogens with zero attached hydrogens (tertiary/aromatic N) is 3. The predicted molar refractivity (Wildman–Crippen MR) is 118 cm³/mol. The Bertz CT molecular complexity index is 1140. The zero-order valence-electron chi connectivity index (χ0n) is 19.1. The van der Waals surface area contributed by atoms with E-state index >= 15 is 0 Å². The van der Waals surface area contributed by atoms with Crippen molar-refractivity contribution in [1.82, 2.24) is 20.5 Å². The third kappa shape index (κ3) is 6.06. The Kier molecular flexibility index (Phi) is 6.66. The fourth-order valence-electron chi connectivity index (χ4n) is 3.11. The van der Waals surface area contributed by atoms with Crippen LogP contribution in [0.15, 0.2) is 46.9 Å². The van der Waals surface area contributed by atoms with E-state index in [1.807, 2.05) is 30.3 Å². The van der Waals surface area contributed by atoms with Crippen LogP contribution >= 0.6 is 0 Å². The van der Waals surface area contributed by atoms with Gasteiger partial charge in [0, 0.05) is 18.1 Å². The van der Waals surface area contributed by atoms with Gasteiger partial charge in [-0.3, -0.25) is 0 Å². The maximum Gasteiger partial charge on any atom is 0.408 e. The molecule has 0 saturated heterocycles. The summed E-state index contributed by atoms with van der Waals surface area (Å²) in [5.74, 6) is -0.961. The molecule has 0 saturated carbocycles. The van der Waals surface area contributed by atoms with Gasteiger partial charge in [-0.2, -0.15) is 0 Å². The molecule has 0 bridgehead atoms. The van der Waals surface area contributed by atoms with E-state index in [0.29, 0.717) is 12.0 Å². The van der Waals surface area contributed by atoms with E-state index in [9.17, 15) is 14.7 Å². The summed E-state index contributed by atoms with van der Waals surface area (Å²) in [6.07, 6.45) is -0.297. The van der Waals surface area contributed by atoms with Crippen molar-refractivity contribution in [3.63, 3.8) is 0 Å². The first kappa shape index (κ1) is 23.7. The van der Waals surface area contributed by atoms with Gasteiger partial charge in [-0.1, -0.05) is 30.3 Å². The maximum atomic E-state index is 12.6. The number of methoxy groups -OCH3 is 1. The molecule has 3 rings (SSSR count). The lowest BCUT2D eigenvalue weighted by atomic mass is 9.92. The minimum Gasteiger partial charge on any atom is -0.481 e. The topological polar surface area (TPSA) is 137 Å². The molecule has 0 aliphatic heterocycles. The number of carbonyl (C=O) groups is 2. The van der Waals surface area contributed by atoms with Crippen molar-refractivity contribution < 1.29 is 28.6 Å². The number of alkyl carbamates (subject to hydrolysis) is 1. The van der Waals surface area contributed by atoms with Gasteiger partial charge in [0.05, 0.1) is 7.11 Å². The number of hydrogen-bond donors (Lipinski definition) is 2. The molecule has 2 aromatic heterocycles. The molecule has 0 unspecified atom stereocenters. The Hall–Kier alpha value is -3.95. The summed E-state index contributed by atoms with van der Waals surface area (Å²) in [5, 5.41) is 20.4. The molecule has 2 N–H and O–H groups in total. The highest BCUT2D eigenvalue weighted by atomic mass is 16.6. The molecule has 0 radical (unpaired) electrons. The number of pyridine rings is 1. The maximum absolute atomic E-state index is 12.6. The number of carbonyl (C=O) groups excluding carboxylic acids is 1. The second kappa shape index (κ2) is 9.27. The third-order valence-corrected chi connectivity index (χ3v) is 4.55. The van der Waals surface area contributed by atoms with Gasteiger partial charge in [0.25, 0.3) is 0 Å². The molecule has 2 heterocycles. The standard InChI is InChI=1S/C23H26N4O6/c1-22(2,3)33-21(30)25-23(4,13-14-9-7-6-8-10-14)20-27-26-18(32-20)15-11-16(19(28)29)24-17(12-15)31-5/h6-12H,13H2,1-5H3,(H,25,30)(H,28,29)/t23-/m1/s1. The highest BCUT2D eigenvalue weighted by molar-refractivity contribution is 5.87. The number of nitrogens with one attached hydrogen (secondary N) is 1. The number of hydrogen-bond acceptors (Lipinski definition) is 8. The van der Waals surface area contributed by atoms with Crippen LogP contribution in [0.2, 0.25) is 0 Å². The van der Waals surface area contributed by atoms with Crippen molar-refractivity contribution in [2.45, 2.75) is 45.3 Å². The molecule has 174 valence electrons. The highest BCUT2D eigenvalue weighted by Crippen LogP contribution is 2.29. The summed E-state index contributed by atoms with van der Waals surface area (Å²) < 4.78 is 16.4. The number of aromatic nitrogens is 3. The van der Waals surface area contributed by atoms with Crippen molar-refractivity contribution >= 4 is 12.1 Å². The number of ether oxygens (including phenoxy) is 2. The molecule has 0 fully saturated rings. The Morgan fingerprint density at radius 2 is 1.79 bits per heavy atom. The van der Waals surface area contributed by atoms with Crippen LogP contribution in [0.1, 0.15) is 49.6 Å². The second-order valence-corrected chi connectivity index (χ2v) is 8.62. The van der Waals surface area contributed by atoms with Crippen molar-refractivity contribution in [2.75, 3.05) is 7.11 Å². The zero-order valence-corrected chi connectivity index (χ0v) is 19.1. The van der Waals surface area contributed by atoms with Crippen LogP contribution in [-0.4, -0.2) is 45.1 Å². The van der Waals surface area contributed by atoms with Gasteiger partial charge in [0.2, 0.25) is 17.7 Å². The number of carboxylic acid groups (broad SMARTS) is 1. The van der Waals surface area contributed by atoms with Crippen molar-refractivity contribution in [3.8, 4) is 17.3 Å². The van der Waals surface area contributed by atoms with E-state index in [4.69, 9.17) is 13.9 Å². The van der Waals surface area contributed by atoms with Gasteiger partial charge < -0.3 is 24.3 Å². The molecule has 1 atom stereocenters. The Morgan fingerprint density at radius 3 is 2.39 bits per heavy atom. The Balaban J connectivity index is 1.99. The molecule has 3 aromatic rings. The van der Waals surface area contributed by atoms with E-state index in [1.165, 1.54) is 19.2 Å². The summed E-state index contributed by atoms with van der Waals surface area (Å²) in [6, 6.07) is 12.3. The molecule has 0 spiro atoms. The monoisotopic (exact) mass is 454 g/mol. The largest absolute Gasteiger partial charge is 0.481 e. The van der Waals surface area contributed by atoms with Gasteiger partial charge in [-0.15, -0.1) is 10.2 Å². The molecule has 33 heavy (non-hydrogen) atoms. The van der Waals surface area contributed by atoms with E-state index in [2.05, 4.69) is 20.5 Å². The Morgan fingerprint density at radius 1 is 1.09 bits per heavy atom. The van der Waals surface area contributed by atoms with Crippen LogP contribution in [0.3, 0.4) is 0 Å². The molecule has 0 aliphatic carbocycles. The molecule has 1 amide bonds. The van der Waals surface area contributed by atoms with Crippen LogP contribution in [0.4, 0.5) is 4.79 Å². The Labute approximate surface area is 191 Å². The summed E-state index contributed by atoms with van der Waals surface area (Å²) in [4.78, 5) is 27.9. The van der Waals surface area contributed by atoms with Gasteiger partial charge in [-0.25, -0.2) is 14.6 Å². The molecule has 0 aliphatic rings. The fraction of sp³-hybridized carbons (Fsp3) is 0.348. The fourth-order valence-corrected chi connectivity index (χ4v) is 3.11. The normalized spacial score (nSPS) is 13.1. The van der Waals surface area contributed by atoms with Gasteiger partial charge >= 0.3 is 12.1 Å². The quantitative estimate of drug-likeness (QED) is 0.546. The van der Waals surface area contributed by atoms with Gasteiger partial charge in [0.1, 0.15) is 11.1 Å². The number of aromatic carboxylic acids is 1. The number of carboxylic acids is 1.